The summed E-state index contributed by atoms with van der Waals surface area (Å²) in [6.07, 6.45) is 8.40. The molecule has 0 aromatic heterocycles. The van der Waals surface area contributed by atoms with E-state index < -0.39 is 0 Å². The number of nitrogens with two attached hydrogens (primary N) is 1. The molecule has 0 fully saturated rings. The number of terminal acetylenes is 1. The number of nitrogens with one attached hydrogen (secondary N) is 1. The average molecular weight is 226 g/mol. The summed E-state index contributed by atoms with van der Waals surface area (Å²) in [6.45, 7) is 6.82. The minimum atomic E-state index is -0.164. The molecular formula is C13H26N2O. The summed E-state index contributed by atoms with van der Waals surface area (Å²) >= 11 is 0. The number of rotatable bonds is 8. The van der Waals surface area contributed by atoms with E-state index in [2.05, 4.69) is 32.0 Å². The molecule has 2 atom stereocenters. The molecule has 0 aliphatic rings. The summed E-state index contributed by atoms with van der Waals surface area (Å²) in [5.74, 6) is 2.76. The predicted octanol–water partition coefficient (Wildman–Crippen LogP) is 1.52. The van der Waals surface area contributed by atoms with Gasteiger partial charge in [0.2, 0.25) is 0 Å². The molecule has 0 rings (SSSR count). The van der Waals surface area contributed by atoms with Gasteiger partial charge in [0, 0.05) is 19.7 Å². The van der Waals surface area contributed by atoms with Crippen molar-refractivity contribution in [1.82, 2.24) is 5.32 Å². The molecule has 94 valence electrons. The monoisotopic (exact) mass is 226 g/mol. The van der Waals surface area contributed by atoms with Crippen LogP contribution in [0.25, 0.3) is 0 Å². The van der Waals surface area contributed by atoms with Crippen molar-refractivity contribution < 1.29 is 4.74 Å². The first-order valence-corrected chi connectivity index (χ1v) is 5.96. The predicted molar refractivity (Wildman–Crippen MR) is 69.2 cm³/mol. The second kappa shape index (κ2) is 7.67. The summed E-state index contributed by atoms with van der Waals surface area (Å²) in [4.78, 5) is 0. The van der Waals surface area contributed by atoms with Crippen molar-refractivity contribution in [2.24, 2.45) is 5.73 Å². The standard InChI is InChI=1S/C13H26N2O/c1-6-8-11(7-2)15-12(10-14)9-13(3,4)16-5/h2,11-12,15H,6,8-10,14H2,1,3-5H3. The third kappa shape index (κ3) is 6.12. The third-order valence-electron chi connectivity index (χ3n) is 2.79. The molecule has 0 saturated carbocycles. The molecule has 16 heavy (non-hydrogen) atoms. The number of hydrogen-bond donors (Lipinski definition) is 2. The summed E-state index contributed by atoms with van der Waals surface area (Å²) in [5, 5.41) is 3.40. The maximum Gasteiger partial charge on any atom is 0.0689 e. The van der Waals surface area contributed by atoms with Gasteiger partial charge in [-0.25, -0.2) is 0 Å². The van der Waals surface area contributed by atoms with Gasteiger partial charge in [-0.2, -0.15) is 0 Å². The van der Waals surface area contributed by atoms with E-state index in [4.69, 9.17) is 16.9 Å². The van der Waals surface area contributed by atoms with Crippen molar-refractivity contribution in [3.63, 3.8) is 0 Å². The van der Waals surface area contributed by atoms with Gasteiger partial charge in [0.25, 0.3) is 0 Å². The summed E-state index contributed by atoms with van der Waals surface area (Å²) in [5.41, 5.74) is 5.58. The van der Waals surface area contributed by atoms with Crippen molar-refractivity contribution >= 4 is 0 Å². The highest BCUT2D eigenvalue weighted by Gasteiger charge is 2.23. The Balaban J connectivity index is 4.24. The van der Waals surface area contributed by atoms with Crippen LogP contribution in [-0.4, -0.2) is 31.3 Å². The molecule has 0 aromatic carbocycles. The minimum Gasteiger partial charge on any atom is -0.379 e. The molecule has 3 heteroatoms. The third-order valence-corrected chi connectivity index (χ3v) is 2.79. The van der Waals surface area contributed by atoms with E-state index >= 15 is 0 Å². The number of methoxy groups -OCH3 is 1. The van der Waals surface area contributed by atoms with Crippen LogP contribution in [-0.2, 0) is 4.74 Å². The molecule has 0 radical (unpaired) electrons. The minimum absolute atomic E-state index is 0.117. The highest BCUT2D eigenvalue weighted by molar-refractivity contribution is 5.00. The fraction of sp³-hybridized carbons (Fsp3) is 0.846. The van der Waals surface area contributed by atoms with E-state index in [0.29, 0.717) is 6.54 Å². The van der Waals surface area contributed by atoms with Crippen LogP contribution in [0.1, 0.15) is 40.0 Å². The van der Waals surface area contributed by atoms with Crippen LogP contribution in [0.15, 0.2) is 0 Å². The first-order valence-electron chi connectivity index (χ1n) is 5.96. The molecule has 0 aliphatic heterocycles. The van der Waals surface area contributed by atoms with E-state index in [1.807, 2.05) is 0 Å². The van der Waals surface area contributed by atoms with Gasteiger partial charge in [0.15, 0.2) is 0 Å². The summed E-state index contributed by atoms with van der Waals surface area (Å²) in [6, 6.07) is 0.328. The van der Waals surface area contributed by atoms with Gasteiger partial charge < -0.3 is 10.5 Å². The summed E-state index contributed by atoms with van der Waals surface area (Å²) in [7, 11) is 1.72. The Morgan fingerprint density at radius 1 is 1.50 bits per heavy atom. The van der Waals surface area contributed by atoms with Crippen molar-refractivity contribution in [2.45, 2.75) is 57.7 Å². The first-order chi connectivity index (χ1) is 7.49. The molecule has 0 aliphatic carbocycles. The number of ether oxygens (including phenoxy) is 1. The SMILES string of the molecule is C#CC(CCC)NC(CN)CC(C)(C)OC. The Morgan fingerprint density at radius 3 is 2.50 bits per heavy atom. The van der Waals surface area contributed by atoms with E-state index in [1.54, 1.807) is 7.11 Å². The second-order valence-electron chi connectivity index (χ2n) is 4.78. The van der Waals surface area contributed by atoms with E-state index in [9.17, 15) is 0 Å². The molecule has 0 amide bonds. The lowest BCUT2D eigenvalue weighted by Gasteiger charge is -2.30. The molecule has 3 N–H and O–H groups in total. The Kier molecular flexibility index (Phi) is 7.40. The smallest absolute Gasteiger partial charge is 0.0689 e. The van der Waals surface area contributed by atoms with Gasteiger partial charge >= 0.3 is 0 Å². The van der Waals surface area contributed by atoms with Crippen LogP contribution in [0.5, 0.6) is 0 Å². The Morgan fingerprint density at radius 2 is 2.12 bits per heavy atom. The van der Waals surface area contributed by atoms with E-state index in [0.717, 1.165) is 19.3 Å². The van der Waals surface area contributed by atoms with Crippen LogP contribution in [0, 0.1) is 12.3 Å². The van der Waals surface area contributed by atoms with Gasteiger partial charge in [-0.15, -0.1) is 6.42 Å². The molecule has 2 unspecified atom stereocenters. The zero-order chi connectivity index (χ0) is 12.6. The van der Waals surface area contributed by atoms with Crippen LogP contribution in [0.3, 0.4) is 0 Å². The quantitative estimate of drug-likeness (QED) is 0.617. The lowest BCUT2D eigenvalue weighted by molar-refractivity contribution is 0.00728. The fourth-order valence-corrected chi connectivity index (χ4v) is 1.67. The van der Waals surface area contributed by atoms with Crippen molar-refractivity contribution in [3.8, 4) is 12.3 Å². The first kappa shape index (κ1) is 15.4. The zero-order valence-corrected chi connectivity index (χ0v) is 11.0. The molecule has 0 bridgehead atoms. The highest BCUT2D eigenvalue weighted by Crippen LogP contribution is 2.15. The molecular weight excluding hydrogens is 200 g/mol. The Bertz CT molecular complexity index is 220. The van der Waals surface area contributed by atoms with Crippen molar-refractivity contribution in [3.05, 3.63) is 0 Å². The highest BCUT2D eigenvalue weighted by atomic mass is 16.5. The van der Waals surface area contributed by atoms with Crippen LogP contribution in [0.4, 0.5) is 0 Å². The largest absolute Gasteiger partial charge is 0.379 e. The Hall–Kier alpha value is -0.560. The topological polar surface area (TPSA) is 47.3 Å². The van der Waals surface area contributed by atoms with Gasteiger partial charge in [0.05, 0.1) is 11.6 Å². The van der Waals surface area contributed by atoms with Crippen molar-refractivity contribution in [2.75, 3.05) is 13.7 Å². The van der Waals surface area contributed by atoms with Crippen molar-refractivity contribution in [1.29, 1.82) is 0 Å². The molecule has 0 saturated heterocycles. The maximum atomic E-state index is 5.75. The van der Waals surface area contributed by atoms with E-state index in [-0.39, 0.29) is 17.7 Å². The van der Waals surface area contributed by atoms with Crippen LogP contribution in [0.2, 0.25) is 0 Å². The molecule has 3 nitrogen and oxygen atoms in total. The summed E-state index contributed by atoms with van der Waals surface area (Å²) < 4.78 is 5.40. The van der Waals surface area contributed by atoms with Gasteiger partial charge in [-0.3, -0.25) is 5.32 Å². The molecule has 0 spiro atoms. The lowest BCUT2D eigenvalue weighted by atomic mass is 9.97. The second-order valence-corrected chi connectivity index (χ2v) is 4.78. The van der Waals surface area contributed by atoms with Crippen LogP contribution < -0.4 is 11.1 Å². The van der Waals surface area contributed by atoms with E-state index in [1.165, 1.54) is 0 Å². The molecule has 0 aromatic rings. The number of hydrogen-bond acceptors (Lipinski definition) is 3. The Labute approximate surface area is 100 Å². The zero-order valence-electron chi connectivity index (χ0n) is 11.0. The van der Waals surface area contributed by atoms with Crippen LogP contribution >= 0.6 is 0 Å². The van der Waals surface area contributed by atoms with Gasteiger partial charge in [-0.05, 0) is 26.7 Å². The van der Waals surface area contributed by atoms with Gasteiger partial charge in [-0.1, -0.05) is 19.3 Å². The fourth-order valence-electron chi connectivity index (χ4n) is 1.67. The van der Waals surface area contributed by atoms with Gasteiger partial charge in [0.1, 0.15) is 0 Å². The molecule has 0 heterocycles. The normalized spacial score (nSPS) is 15.5. The lowest BCUT2D eigenvalue weighted by Crippen LogP contribution is -2.46. The average Bonchev–Trinajstić information content (AvgIpc) is 2.27. The maximum absolute atomic E-state index is 5.75.